The fraction of sp³-hybridized carbons (Fsp3) is 0.562. The molecule has 0 saturated carbocycles. The molecule has 0 aromatic heterocycles. The van der Waals surface area contributed by atoms with Gasteiger partial charge in [0.2, 0.25) is 0 Å². The summed E-state index contributed by atoms with van der Waals surface area (Å²) < 4.78 is 11.7. The van der Waals surface area contributed by atoms with Crippen molar-refractivity contribution in [3.63, 3.8) is 0 Å². The molecule has 5 heteroatoms. The monoisotopic (exact) mass is 355 g/mol. The molecule has 1 aromatic carbocycles. The molecule has 1 saturated heterocycles. The number of ether oxygens (including phenoxy) is 2. The van der Waals surface area contributed by atoms with E-state index in [9.17, 15) is 4.79 Å². The smallest absolute Gasteiger partial charge is 0.254 e. The van der Waals surface area contributed by atoms with Crippen molar-refractivity contribution >= 4 is 21.8 Å². The second kappa shape index (κ2) is 7.16. The molecular formula is C16H22BrNO3. The van der Waals surface area contributed by atoms with Crippen LogP contribution < -0.4 is 9.47 Å². The van der Waals surface area contributed by atoms with Gasteiger partial charge in [0.05, 0.1) is 18.2 Å². The highest BCUT2D eigenvalue weighted by Gasteiger charge is 2.24. The highest BCUT2D eigenvalue weighted by Crippen LogP contribution is 2.37. The Balaban J connectivity index is 2.27. The first-order valence-corrected chi connectivity index (χ1v) is 8.15. The highest BCUT2D eigenvalue weighted by molar-refractivity contribution is 9.10. The van der Waals surface area contributed by atoms with Crippen LogP contribution in [0.25, 0.3) is 0 Å². The average Bonchev–Trinajstić information content (AvgIpc) is 2.48. The molecule has 1 aliphatic heterocycles. The Hall–Kier alpha value is -1.23. The summed E-state index contributed by atoms with van der Waals surface area (Å²) >= 11 is 3.47. The maximum atomic E-state index is 12.6. The van der Waals surface area contributed by atoms with Crippen LogP contribution in [0.15, 0.2) is 16.6 Å². The number of hydrogen-bond donors (Lipinski definition) is 0. The summed E-state index contributed by atoms with van der Waals surface area (Å²) in [7, 11) is 1.58. The molecule has 1 atom stereocenters. The molecule has 1 aromatic rings. The molecule has 0 N–H and O–H groups in total. The lowest BCUT2D eigenvalue weighted by molar-refractivity contribution is 0.0682. The van der Waals surface area contributed by atoms with Crippen LogP contribution in [-0.2, 0) is 0 Å². The summed E-state index contributed by atoms with van der Waals surface area (Å²) in [4.78, 5) is 14.6. The van der Waals surface area contributed by atoms with E-state index in [4.69, 9.17) is 9.47 Å². The van der Waals surface area contributed by atoms with E-state index in [0.717, 1.165) is 24.0 Å². The van der Waals surface area contributed by atoms with Gasteiger partial charge >= 0.3 is 0 Å². The molecule has 1 amide bonds. The van der Waals surface area contributed by atoms with E-state index < -0.39 is 0 Å². The van der Waals surface area contributed by atoms with Gasteiger partial charge in [0.15, 0.2) is 11.5 Å². The zero-order valence-electron chi connectivity index (χ0n) is 12.8. The van der Waals surface area contributed by atoms with Crippen molar-refractivity contribution in [3.8, 4) is 11.5 Å². The Labute approximate surface area is 134 Å². The molecule has 1 fully saturated rings. The fourth-order valence-electron chi connectivity index (χ4n) is 2.68. The third kappa shape index (κ3) is 3.70. The molecule has 1 aliphatic rings. The summed E-state index contributed by atoms with van der Waals surface area (Å²) in [6.45, 7) is 6.31. The van der Waals surface area contributed by atoms with Gasteiger partial charge in [-0.25, -0.2) is 0 Å². The van der Waals surface area contributed by atoms with E-state index in [0.29, 0.717) is 29.6 Å². The number of amides is 1. The van der Waals surface area contributed by atoms with Crippen molar-refractivity contribution in [2.24, 2.45) is 5.92 Å². The molecule has 21 heavy (non-hydrogen) atoms. The van der Waals surface area contributed by atoms with E-state index in [1.54, 1.807) is 13.2 Å². The second-order valence-electron chi connectivity index (χ2n) is 5.42. The SMILES string of the molecule is CCOc1c(Br)cc(C(=O)N2CCCC(C)C2)cc1OC. The average molecular weight is 356 g/mol. The maximum Gasteiger partial charge on any atom is 0.254 e. The quantitative estimate of drug-likeness (QED) is 0.825. The third-order valence-corrected chi connectivity index (χ3v) is 4.30. The number of carbonyl (C=O) groups is 1. The van der Waals surface area contributed by atoms with E-state index in [2.05, 4.69) is 22.9 Å². The largest absolute Gasteiger partial charge is 0.493 e. The van der Waals surface area contributed by atoms with Crippen LogP contribution in [0, 0.1) is 5.92 Å². The van der Waals surface area contributed by atoms with Crippen LogP contribution >= 0.6 is 15.9 Å². The van der Waals surface area contributed by atoms with Gasteiger partial charge in [-0.05, 0) is 53.7 Å². The number of carbonyl (C=O) groups excluding carboxylic acids is 1. The molecule has 0 bridgehead atoms. The number of halogens is 1. The van der Waals surface area contributed by atoms with Gasteiger partial charge < -0.3 is 14.4 Å². The Morgan fingerprint density at radius 1 is 1.48 bits per heavy atom. The van der Waals surface area contributed by atoms with Gasteiger partial charge in [0, 0.05) is 18.7 Å². The van der Waals surface area contributed by atoms with Crippen molar-refractivity contribution in [1.82, 2.24) is 4.90 Å². The van der Waals surface area contributed by atoms with E-state index in [1.165, 1.54) is 6.42 Å². The molecule has 0 radical (unpaired) electrons. The van der Waals surface area contributed by atoms with Crippen LogP contribution in [0.3, 0.4) is 0 Å². The summed E-state index contributed by atoms with van der Waals surface area (Å²) in [5.41, 5.74) is 0.635. The standard InChI is InChI=1S/C16H22BrNO3/c1-4-21-15-13(17)8-12(9-14(15)20-3)16(19)18-7-5-6-11(2)10-18/h8-9,11H,4-7,10H2,1-3H3. The lowest BCUT2D eigenvalue weighted by atomic mass is 9.99. The molecule has 2 rings (SSSR count). The Morgan fingerprint density at radius 2 is 2.24 bits per heavy atom. The van der Waals surface area contributed by atoms with Crippen molar-refractivity contribution < 1.29 is 14.3 Å². The van der Waals surface area contributed by atoms with Gasteiger partial charge in [-0.2, -0.15) is 0 Å². The van der Waals surface area contributed by atoms with Gasteiger partial charge in [-0.1, -0.05) is 6.92 Å². The molecule has 0 spiro atoms. The van der Waals surface area contributed by atoms with Crippen LogP contribution in [0.4, 0.5) is 0 Å². The lowest BCUT2D eigenvalue weighted by Crippen LogP contribution is -2.39. The van der Waals surface area contributed by atoms with Gasteiger partial charge in [-0.15, -0.1) is 0 Å². The summed E-state index contributed by atoms with van der Waals surface area (Å²) in [5, 5.41) is 0. The van der Waals surface area contributed by atoms with Crippen LogP contribution in [0.1, 0.15) is 37.0 Å². The highest BCUT2D eigenvalue weighted by atomic mass is 79.9. The number of nitrogens with zero attached hydrogens (tertiary/aromatic N) is 1. The van der Waals surface area contributed by atoms with Crippen LogP contribution in [0.5, 0.6) is 11.5 Å². The Kier molecular flexibility index (Phi) is 5.51. The number of likely N-dealkylation sites (tertiary alicyclic amines) is 1. The zero-order chi connectivity index (χ0) is 15.4. The Morgan fingerprint density at radius 3 is 2.86 bits per heavy atom. The first kappa shape index (κ1) is 16.1. The third-order valence-electron chi connectivity index (χ3n) is 3.71. The first-order chi connectivity index (χ1) is 10.1. The summed E-state index contributed by atoms with van der Waals surface area (Å²) in [6.07, 6.45) is 2.27. The number of benzene rings is 1. The van der Waals surface area contributed by atoms with Gasteiger partial charge in [-0.3, -0.25) is 4.79 Å². The molecular weight excluding hydrogens is 334 g/mol. The normalized spacial score (nSPS) is 18.5. The second-order valence-corrected chi connectivity index (χ2v) is 6.28. The number of piperidine rings is 1. The molecule has 4 nitrogen and oxygen atoms in total. The summed E-state index contributed by atoms with van der Waals surface area (Å²) in [5.74, 6) is 1.85. The van der Waals surface area contributed by atoms with Crippen molar-refractivity contribution in [2.45, 2.75) is 26.7 Å². The van der Waals surface area contributed by atoms with E-state index in [-0.39, 0.29) is 5.91 Å². The molecule has 1 unspecified atom stereocenters. The number of hydrogen-bond acceptors (Lipinski definition) is 3. The number of methoxy groups -OCH3 is 1. The molecule has 1 heterocycles. The summed E-state index contributed by atoms with van der Waals surface area (Å²) in [6, 6.07) is 3.58. The van der Waals surface area contributed by atoms with Crippen LogP contribution in [0.2, 0.25) is 0 Å². The minimum atomic E-state index is 0.0589. The van der Waals surface area contributed by atoms with Gasteiger partial charge in [0.1, 0.15) is 0 Å². The van der Waals surface area contributed by atoms with Crippen molar-refractivity contribution in [2.75, 3.05) is 26.8 Å². The number of rotatable bonds is 4. The first-order valence-electron chi connectivity index (χ1n) is 7.36. The Bertz CT molecular complexity index is 518. The molecule has 116 valence electrons. The molecule has 0 aliphatic carbocycles. The minimum absolute atomic E-state index is 0.0589. The van der Waals surface area contributed by atoms with E-state index >= 15 is 0 Å². The predicted molar refractivity (Wildman–Crippen MR) is 86.2 cm³/mol. The maximum absolute atomic E-state index is 12.6. The van der Waals surface area contributed by atoms with Gasteiger partial charge in [0.25, 0.3) is 5.91 Å². The minimum Gasteiger partial charge on any atom is -0.493 e. The topological polar surface area (TPSA) is 38.8 Å². The van der Waals surface area contributed by atoms with Crippen LogP contribution in [-0.4, -0.2) is 37.6 Å². The zero-order valence-corrected chi connectivity index (χ0v) is 14.4. The lowest BCUT2D eigenvalue weighted by Gasteiger charge is -2.31. The fourth-order valence-corrected chi connectivity index (χ4v) is 3.24. The predicted octanol–water partition coefficient (Wildman–Crippen LogP) is 3.73. The van der Waals surface area contributed by atoms with Crippen molar-refractivity contribution in [1.29, 1.82) is 0 Å². The van der Waals surface area contributed by atoms with E-state index in [1.807, 2.05) is 17.9 Å². The van der Waals surface area contributed by atoms with Crippen molar-refractivity contribution in [3.05, 3.63) is 22.2 Å².